The number of hydrogen-bond acceptors (Lipinski definition) is 3. The summed E-state index contributed by atoms with van der Waals surface area (Å²) in [6, 6.07) is 6.05. The van der Waals surface area contributed by atoms with Crippen LogP contribution >= 0.6 is 11.6 Å². The normalized spacial score (nSPS) is 12.7. The Bertz CT molecular complexity index is 781. The standard InChI is InChI=1S/C17H19ClN4/c1-3-4-5-12(2)22-11-14(10-20-22)13-8-16-15(19-9-13)6-7-17(18)21-16/h6-12H,3-5H2,1-2H3. The zero-order valence-electron chi connectivity index (χ0n) is 12.8. The number of fused-ring (bicyclic) bond motifs is 1. The number of nitrogens with zero attached hydrogens (tertiary/aromatic N) is 4. The predicted molar refractivity (Wildman–Crippen MR) is 90.0 cm³/mol. The molecule has 0 spiro atoms. The molecule has 0 N–H and O–H groups in total. The van der Waals surface area contributed by atoms with Gasteiger partial charge in [0.05, 0.1) is 17.2 Å². The van der Waals surface area contributed by atoms with Crippen LogP contribution in [0.2, 0.25) is 5.15 Å². The molecule has 4 nitrogen and oxygen atoms in total. The third-order valence-electron chi connectivity index (χ3n) is 3.87. The summed E-state index contributed by atoms with van der Waals surface area (Å²) in [5.74, 6) is 0. The monoisotopic (exact) mass is 314 g/mol. The first kappa shape index (κ1) is 15.0. The third kappa shape index (κ3) is 3.12. The van der Waals surface area contributed by atoms with Gasteiger partial charge in [-0.25, -0.2) is 4.98 Å². The highest BCUT2D eigenvalue weighted by Crippen LogP contribution is 2.24. The van der Waals surface area contributed by atoms with E-state index in [1.807, 2.05) is 29.2 Å². The molecule has 0 aliphatic carbocycles. The van der Waals surface area contributed by atoms with Crippen molar-refractivity contribution in [1.82, 2.24) is 19.7 Å². The fourth-order valence-corrected chi connectivity index (χ4v) is 2.65. The van der Waals surface area contributed by atoms with E-state index in [9.17, 15) is 0 Å². The van der Waals surface area contributed by atoms with Crippen LogP contribution in [0, 0.1) is 0 Å². The molecule has 0 fully saturated rings. The lowest BCUT2D eigenvalue weighted by molar-refractivity contribution is 0.444. The van der Waals surface area contributed by atoms with Gasteiger partial charge in [0.15, 0.2) is 0 Å². The second kappa shape index (κ2) is 6.44. The Morgan fingerprint density at radius 3 is 2.86 bits per heavy atom. The van der Waals surface area contributed by atoms with Gasteiger partial charge in [0, 0.05) is 29.6 Å². The molecule has 3 heterocycles. The number of rotatable bonds is 5. The van der Waals surface area contributed by atoms with Gasteiger partial charge in [-0.15, -0.1) is 0 Å². The molecule has 0 radical (unpaired) electrons. The molecular weight excluding hydrogens is 296 g/mol. The molecule has 0 amide bonds. The highest BCUT2D eigenvalue weighted by molar-refractivity contribution is 6.29. The van der Waals surface area contributed by atoms with Gasteiger partial charge in [-0.2, -0.15) is 5.10 Å². The molecule has 3 aromatic rings. The molecule has 0 bridgehead atoms. The average molecular weight is 315 g/mol. The van der Waals surface area contributed by atoms with E-state index in [1.54, 1.807) is 6.07 Å². The SMILES string of the molecule is CCCCC(C)n1cc(-c2cnc3ccc(Cl)nc3c2)cn1. The fourth-order valence-electron chi connectivity index (χ4n) is 2.50. The third-order valence-corrected chi connectivity index (χ3v) is 4.08. The van der Waals surface area contributed by atoms with Gasteiger partial charge >= 0.3 is 0 Å². The maximum absolute atomic E-state index is 5.96. The molecule has 0 saturated heterocycles. The maximum atomic E-state index is 5.96. The van der Waals surface area contributed by atoms with E-state index < -0.39 is 0 Å². The van der Waals surface area contributed by atoms with E-state index in [-0.39, 0.29) is 0 Å². The van der Waals surface area contributed by atoms with Gasteiger partial charge < -0.3 is 0 Å². The molecule has 0 saturated carbocycles. The van der Waals surface area contributed by atoms with Crippen molar-refractivity contribution in [2.75, 3.05) is 0 Å². The molecule has 0 aromatic carbocycles. The quantitative estimate of drug-likeness (QED) is 0.629. The molecule has 22 heavy (non-hydrogen) atoms. The topological polar surface area (TPSA) is 43.6 Å². The summed E-state index contributed by atoms with van der Waals surface area (Å²) in [7, 11) is 0. The molecule has 3 rings (SSSR count). The van der Waals surface area contributed by atoms with Crippen molar-refractivity contribution in [2.45, 2.75) is 39.2 Å². The molecule has 1 unspecified atom stereocenters. The Balaban J connectivity index is 1.89. The van der Waals surface area contributed by atoms with E-state index >= 15 is 0 Å². The molecule has 0 aliphatic rings. The minimum absolute atomic E-state index is 0.412. The van der Waals surface area contributed by atoms with Crippen molar-refractivity contribution in [1.29, 1.82) is 0 Å². The zero-order valence-corrected chi connectivity index (χ0v) is 13.6. The van der Waals surface area contributed by atoms with E-state index in [0.29, 0.717) is 11.2 Å². The Labute approximate surface area is 135 Å². The van der Waals surface area contributed by atoms with Crippen molar-refractivity contribution in [3.8, 4) is 11.1 Å². The van der Waals surface area contributed by atoms with Gasteiger partial charge in [-0.3, -0.25) is 9.67 Å². The van der Waals surface area contributed by atoms with Crippen molar-refractivity contribution >= 4 is 22.6 Å². The second-order valence-electron chi connectivity index (χ2n) is 5.60. The molecule has 114 valence electrons. The summed E-state index contributed by atoms with van der Waals surface area (Å²) in [4.78, 5) is 8.76. The molecular formula is C17H19ClN4. The first-order chi connectivity index (χ1) is 10.7. The Morgan fingerprint density at radius 1 is 1.18 bits per heavy atom. The molecule has 0 aliphatic heterocycles. The minimum atomic E-state index is 0.412. The van der Waals surface area contributed by atoms with Crippen LogP contribution in [0.3, 0.4) is 0 Å². The predicted octanol–water partition coefficient (Wildman–Crippen LogP) is 4.90. The van der Waals surface area contributed by atoms with Gasteiger partial charge in [0.25, 0.3) is 0 Å². The van der Waals surface area contributed by atoms with Crippen LogP contribution in [-0.2, 0) is 0 Å². The summed E-state index contributed by atoms with van der Waals surface area (Å²) in [5.41, 5.74) is 3.71. The van der Waals surface area contributed by atoms with Gasteiger partial charge in [0.2, 0.25) is 0 Å². The Hall–Kier alpha value is -1.94. The van der Waals surface area contributed by atoms with Crippen LogP contribution in [0.15, 0.2) is 36.8 Å². The van der Waals surface area contributed by atoms with Crippen LogP contribution in [0.5, 0.6) is 0 Å². The van der Waals surface area contributed by atoms with Crippen LogP contribution in [0.4, 0.5) is 0 Å². The highest BCUT2D eigenvalue weighted by atomic mass is 35.5. The lowest BCUT2D eigenvalue weighted by atomic mass is 10.1. The van der Waals surface area contributed by atoms with Crippen molar-refractivity contribution in [3.63, 3.8) is 0 Å². The van der Waals surface area contributed by atoms with Crippen LogP contribution in [0.1, 0.15) is 39.2 Å². The number of unbranched alkanes of at least 4 members (excludes halogenated alkanes) is 1. The smallest absolute Gasteiger partial charge is 0.129 e. The zero-order chi connectivity index (χ0) is 15.5. The lowest BCUT2D eigenvalue weighted by Crippen LogP contribution is -2.04. The first-order valence-corrected chi connectivity index (χ1v) is 8.02. The summed E-state index contributed by atoms with van der Waals surface area (Å²) in [5, 5.41) is 4.97. The van der Waals surface area contributed by atoms with E-state index in [1.165, 1.54) is 12.8 Å². The summed E-state index contributed by atoms with van der Waals surface area (Å²) in [6.07, 6.45) is 9.39. The van der Waals surface area contributed by atoms with Crippen LogP contribution in [0.25, 0.3) is 22.2 Å². The summed E-state index contributed by atoms with van der Waals surface area (Å²) < 4.78 is 2.03. The second-order valence-corrected chi connectivity index (χ2v) is 5.98. The minimum Gasteiger partial charge on any atom is -0.269 e. The molecule has 3 aromatic heterocycles. The van der Waals surface area contributed by atoms with Crippen LogP contribution < -0.4 is 0 Å². The summed E-state index contributed by atoms with van der Waals surface area (Å²) >= 11 is 5.96. The largest absolute Gasteiger partial charge is 0.269 e. The van der Waals surface area contributed by atoms with E-state index in [0.717, 1.165) is 28.6 Å². The van der Waals surface area contributed by atoms with Gasteiger partial charge in [0.1, 0.15) is 5.15 Å². The number of aromatic nitrogens is 4. The van der Waals surface area contributed by atoms with Gasteiger partial charge in [-0.05, 0) is 31.5 Å². The Morgan fingerprint density at radius 2 is 2.05 bits per heavy atom. The van der Waals surface area contributed by atoms with Crippen molar-refractivity contribution in [2.24, 2.45) is 0 Å². The maximum Gasteiger partial charge on any atom is 0.129 e. The fraction of sp³-hybridized carbons (Fsp3) is 0.353. The van der Waals surface area contributed by atoms with Gasteiger partial charge in [-0.1, -0.05) is 31.4 Å². The molecule has 5 heteroatoms. The number of halogens is 1. The van der Waals surface area contributed by atoms with E-state index in [2.05, 4.69) is 35.1 Å². The van der Waals surface area contributed by atoms with E-state index in [4.69, 9.17) is 11.6 Å². The average Bonchev–Trinajstić information content (AvgIpc) is 3.02. The van der Waals surface area contributed by atoms with Crippen molar-refractivity contribution < 1.29 is 0 Å². The molecule has 1 atom stereocenters. The number of hydrogen-bond donors (Lipinski definition) is 0. The Kier molecular flexibility index (Phi) is 4.39. The lowest BCUT2D eigenvalue weighted by Gasteiger charge is -2.10. The number of pyridine rings is 2. The summed E-state index contributed by atoms with van der Waals surface area (Å²) in [6.45, 7) is 4.41. The highest BCUT2D eigenvalue weighted by Gasteiger charge is 2.09. The van der Waals surface area contributed by atoms with Crippen LogP contribution in [-0.4, -0.2) is 19.7 Å². The van der Waals surface area contributed by atoms with Crippen molar-refractivity contribution in [3.05, 3.63) is 41.9 Å². The first-order valence-electron chi connectivity index (χ1n) is 7.64.